The normalized spacial score (nSPS) is 10.8. The van der Waals surface area contributed by atoms with Gasteiger partial charge in [-0.05, 0) is 17.7 Å². The minimum absolute atomic E-state index is 0.708. The molecule has 0 aliphatic rings. The van der Waals surface area contributed by atoms with Crippen molar-refractivity contribution >= 4 is 15.9 Å². The summed E-state index contributed by atoms with van der Waals surface area (Å²) in [6, 6.07) is 39.4. The zero-order valence-electron chi connectivity index (χ0n) is 17.4. The van der Waals surface area contributed by atoms with Crippen molar-refractivity contribution in [1.82, 2.24) is 9.97 Å². The van der Waals surface area contributed by atoms with Crippen LogP contribution in [0.25, 0.3) is 33.8 Å². The molecule has 5 aromatic rings. The fraction of sp³-hybridized carbons (Fsp3) is 0.0345. The van der Waals surface area contributed by atoms with E-state index in [0.29, 0.717) is 6.42 Å². The minimum atomic E-state index is 0.708. The second-order valence-electron chi connectivity index (χ2n) is 7.62. The predicted octanol–water partition coefficient (Wildman–Crippen LogP) is 7.83. The highest BCUT2D eigenvalue weighted by Gasteiger charge is 2.18. The number of aromatic nitrogens is 2. The molecule has 0 N–H and O–H groups in total. The van der Waals surface area contributed by atoms with Crippen LogP contribution in [0.2, 0.25) is 0 Å². The van der Waals surface area contributed by atoms with E-state index in [2.05, 4.69) is 76.6 Å². The molecule has 0 aliphatic carbocycles. The first kappa shape index (κ1) is 20.3. The van der Waals surface area contributed by atoms with Gasteiger partial charge >= 0.3 is 0 Å². The molecule has 0 spiro atoms. The number of rotatable bonds is 5. The first-order valence-corrected chi connectivity index (χ1v) is 11.4. The van der Waals surface area contributed by atoms with Crippen molar-refractivity contribution in [2.24, 2.45) is 0 Å². The Kier molecular flexibility index (Phi) is 5.91. The van der Waals surface area contributed by atoms with Gasteiger partial charge in [0.25, 0.3) is 0 Å². The molecule has 154 valence electrons. The number of hydrogen-bond acceptors (Lipinski definition) is 2. The Morgan fingerprint density at radius 3 is 1.41 bits per heavy atom. The Morgan fingerprint density at radius 2 is 0.906 bits per heavy atom. The van der Waals surface area contributed by atoms with E-state index >= 15 is 0 Å². The molecule has 0 amide bonds. The number of hydrogen-bond donors (Lipinski definition) is 0. The van der Waals surface area contributed by atoms with Crippen LogP contribution < -0.4 is 0 Å². The lowest BCUT2D eigenvalue weighted by atomic mass is 9.99. The molecule has 0 unspecified atom stereocenters. The van der Waals surface area contributed by atoms with E-state index in [4.69, 9.17) is 9.97 Å². The number of nitrogens with zero attached hydrogens (tertiary/aromatic N) is 2. The Hall–Kier alpha value is -3.56. The van der Waals surface area contributed by atoms with Crippen LogP contribution >= 0.6 is 15.9 Å². The molecule has 0 aliphatic heterocycles. The summed E-state index contributed by atoms with van der Waals surface area (Å²) in [7, 11) is 0. The van der Waals surface area contributed by atoms with Crippen molar-refractivity contribution in [2.75, 3.05) is 0 Å². The van der Waals surface area contributed by atoms with Gasteiger partial charge in [-0.25, -0.2) is 9.97 Å². The van der Waals surface area contributed by atoms with Crippen LogP contribution in [0.4, 0.5) is 0 Å². The Labute approximate surface area is 196 Å². The fourth-order valence-corrected chi connectivity index (χ4v) is 4.08. The molecule has 0 atom stereocenters. The van der Waals surface area contributed by atoms with E-state index < -0.39 is 0 Å². The van der Waals surface area contributed by atoms with E-state index in [9.17, 15) is 0 Å². The van der Waals surface area contributed by atoms with Gasteiger partial charge in [0.1, 0.15) is 0 Å². The highest BCUT2D eigenvalue weighted by Crippen LogP contribution is 2.33. The summed E-state index contributed by atoms with van der Waals surface area (Å²) in [5, 5.41) is 0. The average Bonchev–Trinajstić information content (AvgIpc) is 2.87. The summed E-state index contributed by atoms with van der Waals surface area (Å²) in [4.78, 5) is 10.5. The van der Waals surface area contributed by atoms with Gasteiger partial charge in [-0.1, -0.05) is 119 Å². The Morgan fingerprint density at radius 1 is 0.469 bits per heavy atom. The summed E-state index contributed by atoms with van der Waals surface area (Å²) in [5.74, 6) is 0. The van der Waals surface area contributed by atoms with Crippen molar-refractivity contribution in [1.29, 1.82) is 0 Å². The van der Waals surface area contributed by atoms with Crippen LogP contribution in [0, 0.1) is 0 Å². The first-order chi connectivity index (χ1) is 15.8. The zero-order valence-corrected chi connectivity index (χ0v) is 19.0. The van der Waals surface area contributed by atoms with E-state index in [-0.39, 0.29) is 0 Å². The van der Waals surface area contributed by atoms with Gasteiger partial charge in [-0.3, -0.25) is 0 Å². The second-order valence-corrected chi connectivity index (χ2v) is 8.53. The van der Waals surface area contributed by atoms with Crippen molar-refractivity contribution < 1.29 is 0 Å². The van der Waals surface area contributed by atoms with Gasteiger partial charge in [-0.15, -0.1) is 0 Å². The van der Waals surface area contributed by atoms with Crippen LogP contribution in [-0.4, -0.2) is 9.97 Å². The predicted molar refractivity (Wildman–Crippen MR) is 135 cm³/mol. The van der Waals surface area contributed by atoms with Crippen LogP contribution in [0.1, 0.15) is 11.3 Å². The second kappa shape index (κ2) is 9.29. The Bertz CT molecular complexity index is 1320. The number of benzene rings is 4. The maximum atomic E-state index is 5.24. The van der Waals surface area contributed by atoms with Gasteiger partial charge in [-0.2, -0.15) is 0 Å². The molecule has 5 rings (SSSR count). The highest BCUT2D eigenvalue weighted by molar-refractivity contribution is 9.10. The summed E-state index contributed by atoms with van der Waals surface area (Å²) in [5.41, 5.74) is 8.10. The monoisotopic (exact) mass is 476 g/mol. The van der Waals surface area contributed by atoms with Crippen LogP contribution in [0.3, 0.4) is 0 Å². The summed E-state index contributed by atoms with van der Waals surface area (Å²) in [6.07, 6.45) is 0.708. The third-order valence-corrected chi connectivity index (χ3v) is 5.92. The molecule has 1 aromatic heterocycles. The van der Waals surface area contributed by atoms with Gasteiger partial charge in [0.05, 0.1) is 22.8 Å². The van der Waals surface area contributed by atoms with Gasteiger partial charge in [0.2, 0.25) is 0 Å². The average molecular weight is 477 g/mol. The number of halogens is 1. The molecule has 0 bridgehead atoms. The minimum Gasteiger partial charge on any atom is -0.248 e. The molecule has 4 aromatic carbocycles. The fourth-order valence-electron chi connectivity index (χ4n) is 3.81. The molecule has 0 fully saturated rings. The largest absolute Gasteiger partial charge is 0.248 e. The maximum Gasteiger partial charge on any atom is 0.0973 e. The SMILES string of the molecule is Brc1ccc(Cc2nc(-c3ccccc3)c(-c3ccccc3)nc2-c2ccccc2)cc1. The third-order valence-electron chi connectivity index (χ3n) is 5.39. The van der Waals surface area contributed by atoms with E-state index in [1.165, 1.54) is 5.56 Å². The van der Waals surface area contributed by atoms with Gasteiger partial charge < -0.3 is 0 Å². The van der Waals surface area contributed by atoms with E-state index in [1.54, 1.807) is 0 Å². The van der Waals surface area contributed by atoms with E-state index in [0.717, 1.165) is 43.9 Å². The van der Waals surface area contributed by atoms with Crippen LogP contribution in [-0.2, 0) is 6.42 Å². The third kappa shape index (κ3) is 4.39. The summed E-state index contributed by atoms with van der Waals surface area (Å²) < 4.78 is 1.07. The lowest BCUT2D eigenvalue weighted by Crippen LogP contribution is -2.04. The Balaban J connectivity index is 1.75. The van der Waals surface area contributed by atoms with Crippen molar-refractivity contribution in [3.63, 3.8) is 0 Å². The molecular formula is C29H21BrN2. The molecule has 32 heavy (non-hydrogen) atoms. The molecule has 2 nitrogen and oxygen atoms in total. The van der Waals surface area contributed by atoms with Crippen molar-refractivity contribution in [2.45, 2.75) is 6.42 Å². The lowest BCUT2D eigenvalue weighted by Gasteiger charge is -2.16. The first-order valence-electron chi connectivity index (χ1n) is 10.6. The smallest absolute Gasteiger partial charge is 0.0973 e. The molecular weight excluding hydrogens is 456 g/mol. The molecule has 0 saturated heterocycles. The lowest BCUT2D eigenvalue weighted by molar-refractivity contribution is 1.04. The maximum absolute atomic E-state index is 5.24. The molecule has 0 saturated carbocycles. The molecule has 1 heterocycles. The van der Waals surface area contributed by atoms with E-state index in [1.807, 2.05) is 54.6 Å². The van der Waals surface area contributed by atoms with Gasteiger partial charge in [0.15, 0.2) is 0 Å². The topological polar surface area (TPSA) is 25.8 Å². The zero-order chi connectivity index (χ0) is 21.8. The van der Waals surface area contributed by atoms with Crippen LogP contribution in [0.5, 0.6) is 0 Å². The summed E-state index contributed by atoms with van der Waals surface area (Å²) >= 11 is 3.53. The van der Waals surface area contributed by atoms with Crippen LogP contribution in [0.15, 0.2) is 120 Å². The quantitative estimate of drug-likeness (QED) is 0.258. The van der Waals surface area contributed by atoms with Gasteiger partial charge in [0, 0.05) is 27.6 Å². The standard InChI is InChI=1S/C29H21BrN2/c30-25-18-16-21(17-19-25)20-26-27(22-10-4-1-5-11-22)32-29(24-14-8-3-9-15-24)28(31-26)23-12-6-2-7-13-23/h1-19H,20H2. The molecule has 3 heteroatoms. The molecule has 0 radical (unpaired) electrons. The highest BCUT2D eigenvalue weighted by atomic mass is 79.9. The van der Waals surface area contributed by atoms with Crippen molar-refractivity contribution in [3.05, 3.63) is 131 Å². The summed E-state index contributed by atoms with van der Waals surface area (Å²) in [6.45, 7) is 0. The van der Waals surface area contributed by atoms with Crippen molar-refractivity contribution in [3.8, 4) is 33.8 Å².